The fourth-order valence-corrected chi connectivity index (χ4v) is 6.57. The molecule has 0 bridgehead atoms. The molecule has 3 aromatic rings. The smallest absolute Gasteiger partial charge is 0.236 e. The Morgan fingerprint density at radius 1 is 1.33 bits per heavy atom. The van der Waals surface area contributed by atoms with Gasteiger partial charge in [-0.15, -0.1) is 22.7 Å². The van der Waals surface area contributed by atoms with Gasteiger partial charge in [0.25, 0.3) is 0 Å². The molecule has 0 saturated heterocycles. The second-order valence-electron chi connectivity index (χ2n) is 7.29. The van der Waals surface area contributed by atoms with Gasteiger partial charge in [0.15, 0.2) is 10.3 Å². The standard InChI is InChI=1S/C20H24N4O2S4/c1-4-7-27-19-23-16(29-11-14(25)22-18-21-6-8-28-18)15-12-9-20(3,5-2)26-10-13(12)30-17(15)24-19/h6,8H,4-5,7,9-11H2,1-3H3,(H,21,22,25)/t20-/m0/s1. The number of nitrogens with one attached hydrogen (secondary N) is 1. The van der Waals surface area contributed by atoms with Crippen LogP contribution in [0.15, 0.2) is 21.8 Å². The minimum Gasteiger partial charge on any atom is -0.369 e. The maximum Gasteiger partial charge on any atom is 0.236 e. The molecule has 1 N–H and O–H groups in total. The van der Waals surface area contributed by atoms with E-state index < -0.39 is 0 Å². The lowest BCUT2D eigenvalue weighted by molar-refractivity contribution is -0.113. The topological polar surface area (TPSA) is 77.0 Å². The van der Waals surface area contributed by atoms with E-state index >= 15 is 0 Å². The number of carbonyl (C=O) groups excluding carboxylic acids is 1. The lowest BCUT2D eigenvalue weighted by Gasteiger charge is -2.33. The molecule has 6 nitrogen and oxygen atoms in total. The first kappa shape index (κ1) is 22.0. The summed E-state index contributed by atoms with van der Waals surface area (Å²) in [6.07, 6.45) is 4.55. The van der Waals surface area contributed by atoms with Crippen LogP contribution in [-0.4, -0.2) is 38.0 Å². The minimum absolute atomic E-state index is 0.0738. The summed E-state index contributed by atoms with van der Waals surface area (Å²) in [6.45, 7) is 7.10. The summed E-state index contributed by atoms with van der Waals surface area (Å²) in [5, 5.41) is 8.10. The molecular weight excluding hydrogens is 457 g/mol. The molecule has 3 aromatic heterocycles. The van der Waals surface area contributed by atoms with Crippen LogP contribution in [0.2, 0.25) is 0 Å². The molecule has 1 atom stereocenters. The molecule has 1 aliphatic rings. The van der Waals surface area contributed by atoms with E-state index in [0.717, 1.165) is 45.4 Å². The third-order valence-electron chi connectivity index (χ3n) is 4.98. The Morgan fingerprint density at radius 2 is 2.20 bits per heavy atom. The van der Waals surface area contributed by atoms with E-state index in [9.17, 15) is 4.79 Å². The highest BCUT2D eigenvalue weighted by Crippen LogP contribution is 2.43. The van der Waals surface area contributed by atoms with E-state index in [0.29, 0.717) is 11.7 Å². The summed E-state index contributed by atoms with van der Waals surface area (Å²) in [5.74, 6) is 1.19. The number of fused-ring (bicyclic) bond motifs is 3. The summed E-state index contributed by atoms with van der Waals surface area (Å²) in [4.78, 5) is 28.5. The first-order valence-electron chi connectivity index (χ1n) is 9.92. The molecule has 0 aromatic carbocycles. The molecule has 1 amide bonds. The van der Waals surface area contributed by atoms with Gasteiger partial charge in [0.1, 0.15) is 9.86 Å². The largest absolute Gasteiger partial charge is 0.369 e. The number of ether oxygens (including phenoxy) is 1. The maximum atomic E-state index is 12.4. The normalized spacial score (nSPS) is 18.5. The fraction of sp³-hybridized carbons (Fsp3) is 0.500. The molecule has 30 heavy (non-hydrogen) atoms. The van der Waals surface area contributed by atoms with Crippen molar-refractivity contribution in [3.05, 3.63) is 22.0 Å². The molecule has 1 aliphatic heterocycles. The lowest BCUT2D eigenvalue weighted by atomic mass is 9.90. The monoisotopic (exact) mass is 480 g/mol. The Balaban J connectivity index is 1.64. The van der Waals surface area contributed by atoms with Gasteiger partial charge in [0.2, 0.25) is 5.91 Å². The molecule has 10 heteroatoms. The number of anilines is 1. The van der Waals surface area contributed by atoms with Gasteiger partial charge < -0.3 is 10.1 Å². The van der Waals surface area contributed by atoms with Crippen LogP contribution in [0, 0.1) is 0 Å². The fourth-order valence-electron chi connectivity index (χ4n) is 3.18. The first-order valence-corrected chi connectivity index (χ1v) is 13.6. The van der Waals surface area contributed by atoms with E-state index in [4.69, 9.17) is 14.7 Å². The minimum atomic E-state index is -0.166. The molecular formula is C20H24N4O2S4. The van der Waals surface area contributed by atoms with Gasteiger partial charge in [-0.2, -0.15) is 0 Å². The number of hydrogen-bond acceptors (Lipinski definition) is 9. The van der Waals surface area contributed by atoms with Crippen molar-refractivity contribution in [2.75, 3.05) is 16.8 Å². The van der Waals surface area contributed by atoms with Gasteiger partial charge in [-0.3, -0.25) is 4.79 Å². The summed E-state index contributed by atoms with van der Waals surface area (Å²) in [6, 6.07) is 0. The number of rotatable bonds is 8. The molecule has 0 radical (unpaired) electrons. The Hall–Kier alpha value is -1.20. The average molecular weight is 481 g/mol. The molecule has 160 valence electrons. The first-order chi connectivity index (χ1) is 14.5. The molecule has 0 fully saturated rings. The van der Waals surface area contributed by atoms with E-state index in [1.54, 1.807) is 29.3 Å². The van der Waals surface area contributed by atoms with Crippen molar-refractivity contribution in [3.63, 3.8) is 0 Å². The third-order valence-corrected chi connectivity index (χ3v) is 8.80. The van der Waals surface area contributed by atoms with E-state index in [1.165, 1.54) is 33.5 Å². The van der Waals surface area contributed by atoms with Crippen molar-refractivity contribution < 1.29 is 9.53 Å². The molecule has 4 rings (SSSR count). The van der Waals surface area contributed by atoms with E-state index in [1.807, 2.05) is 5.38 Å². The number of nitrogens with zero attached hydrogens (tertiary/aromatic N) is 3. The zero-order chi connectivity index (χ0) is 21.1. The van der Waals surface area contributed by atoms with Gasteiger partial charge in [-0.05, 0) is 25.3 Å². The second kappa shape index (κ2) is 9.52. The van der Waals surface area contributed by atoms with Gasteiger partial charge in [0, 0.05) is 34.0 Å². The van der Waals surface area contributed by atoms with Crippen LogP contribution in [-0.2, 0) is 22.6 Å². The Kier molecular flexibility index (Phi) is 6.98. The van der Waals surface area contributed by atoms with Crippen LogP contribution in [0.25, 0.3) is 10.2 Å². The number of thiophene rings is 1. The maximum absolute atomic E-state index is 12.4. The highest BCUT2D eigenvalue weighted by Gasteiger charge is 2.33. The summed E-state index contributed by atoms with van der Waals surface area (Å²) >= 11 is 6.26. The lowest BCUT2D eigenvalue weighted by Crippen LogP contribution is -2.33. The van der Waals surface area contributed by atoms with Crippen LogP contribution in [0.5, 0.6) is 0 Å². The number of hydrogen-bond donors (Lipinski definition) is 1. The van der Waals surface area contributed by atoms with Crippen molar-refractivity contribution in [1.29, 1.82) is 0 Å². The highest BCUT2D eigenvalue weighted by molar-refractivity contribution is 8.00. The molecule has 4 heterocycles. The molecule has 0 spiro atoms. The van der Waals surface area contributed by atoms with E-state index in [2.05, 4.69) is 31.1 Å². The summed E-state index contributed by atoms with van der Waals surface area (Å²) < 4.78 is 6.14. The Labute approximate surface area is 192 Å². The van der Waals surface area contributed by atoms with Crippen LogP contribution in [0.4, 0.5) is 5.13 Å². The predicted molar refractivity (Wildman–Crippen MR) is 127 cm³/mol. The van der Waals surface area contributed by atoms with Gasteiger partial charge in [-0.1, -0.05) is 37.4 Å². The Bertz CT molecular complexity index is 1040. The van der Waals surface area contributed by atoms with Crippen molar-refractivity contribution in [2.24, 2.45) is 0 Å². The number of amides is 1. The number of carbonyl (C=O) groups is 1. The number of thiazole rings is 1. The second-order valence-corrected chi connectivity index (χ2v) is 11.3. The number of thioether (sulfide) groups is 2. The summed E-state index contributed by atoms with van der Waals surface area (Å²) in [7, 11) is 0. The summed E-state index contributed by atoms with van der Waals surface area (Å²) in [5.41, 5.74) is 1.13. The molecule has 0 saturated carbocycles. The van der Waals surface area contributed by atoms with Crippen molar-refractivity contribution in [1.82, 2.24) is 15.0 Å². The van der Waals surface area contributed by atoms with Gasteiger partial charge >= 0.3 is 0 Å². The van der Waals surface area contributed by atoms with Crippen LogP contribution < -0.4 is 5.32 Å². The zero-order valence-corrected chi connectivity index (χ0v) is 20.5. The van der Waals surface area contributed by atoms with E-state index in [-0.39, 0.29) is 17.3 Å². The van der Waals surface area contributed by atoms with Crippen LogP contribution in [0.3, 0.4) is 0 Å². The highest BCUT2D eigenvalue weighted by atomic mass is 32.2. The predicted octanol–water partition coefficient (Wildman–Crippen LogP) is 5.62. The average Bonchev–Trinajstić information content (AvgIpc) is 3.37. The van der Waals surface area contributed by atoms with Crippen molar-refractivity contribution in [2.45, 2.75) is 62.4 Å². The van der Waals surface area contributed by atoms with Crippen molar-refractivity contribution >= 4 is 67.5 Å². The van der Waals surface area contributed by atoms with Crippen molar-refractivity contribution in [3.8, 4) is 0 Å². The number of aromatic nitrogens is 3. The van der Waals surface area contributed by atoms with Crippen LogP contribution >= 0.6 is 46.2 Å². The quantitative estimate of drug-likeness (QED) is 0.255. The zero-order valence-electron chi connectivity index (χ0n) is 17.2. The van der Waals surface area contributed by atoms with Crippen LogP contribution in [0.1, 0.15) is 44.1 Å². The molecule has 0 aliphatic carbocycles. The third kappa shape index (κ3) is 4.83. The van der Waals surface area contributed by atoms with Gasteiger partial charge in [-0.25, -0.2) is 15.0 Å². The SMILES string of the molecule is CCCSc1nc(SCC(=O)Nc2nccs2)c2c3c(sc2n1)CO[C@@](C)(CC)C3. The Morgan fingerprint density at radius 3 is 2.93 bits per heavy atom. The molecule has 0 unspecified atom stereocenters. The van der Waals surface area contributed by atoms with Gasteiger partial charge in [0.05, 0.1) is 18.0 Å².